The monoisotopic (exact) mass is 338 g/mol. The standard InChI is InChI=1S/C19H22N4O2/c1-5-25-22-19(24)16-14-7-6-10-20-17(14)23(4)18(16)21-15-9-8-12(2)11-13(15)3/h6-11,21H,5H2,1-4H3,(H,22,24). The lowest BCUT2D eigenvalue weighted by Gasteiger charge is -2.13. The Labute approximate surface area is 146 Å². The lowest BCUT2D eigenvalue weighted by Crippen LogP contribution is -2.24. The number of pyridine rings is 1. The molecular weight excluding hydrogens is 316 g/mol. The van der Waals surface area contributed by atoms with Gasteiger partial charge in [0.05, 0.1) is 12.2 Å². The minimum Gasteiger partial charge on any atom is -0.341 e. The molecule has 25 heavy (non-hydrogen) atoms. The molecular formula is C19H22N4O2. The SMILES string of the molecule is CCONC(=O)c1c(Nc2ccc(C)cc2C)n(C)c2ncccc12. The normalized spacial score (nSPS) is 10.9. The molecule has 2 N–H and O–H groups in total. The van der Waals surface area contributed by atoms with Gasteiger partial charge < -0.3 is 9.88 Å². The van der Waals surface area contributed by atoms with Gasteiger partial charge in [0.2, 0.25) is 0 Å². The van der Waals surface area contributed by atoms with Gasteiger partial charge in [-0.1, -0.05) is 17.7 Å². The molecule has 2 aromatic heterocycles. The van der Waals surface area contributed by atoms with E-state index in [-0.39, 0.29) is 5.91 Å². The first kappa shape index (κ1) is 17.0. The summed E-state index contributed by atoms with van der Waals surface area (Å²) in [6.45, 7) is 6.31. The van der Waals surface area contributed by atoms with E-state index in [2.05, 4.69) is 28.8 Å². The molecule has 130 valence electrons. The zero-order chi connectivity index (χ0) is 18.0. The van der Waals surface area contributed by atoms with Crippen molar-refractivity contribution in [2.75, 3.05) is 11.9 Å². The second kappa shape index (κ2) is 6.94. The number of hydrogen-bond donors (Lipinski definition) is 2. The number of benzene rings is 1. The van der Waals surface area contributed by atoms with Crippen molar-refractivity contribution in [3.63, 3.8) is 0 Å². The molecule has 1 aromatic carbocycles. The highest BCUT2D eigenvalue weighted by Crippen LogP contribution is 2.31. The van der Waals surface area contributed by atoms with Crippen molar-refractivity contribution < 1.29 is 9.63 Å². The van der Waals surface area contributed by atoms with E-state index in [1.54, 1.807) is 6.20 Å². The molecule has 3 aromatic rings. The zero-order valence-corrected chi connectivity index (χ0v) is 14.9. The second-order valence-corrected chi connectivity index (χ2v) is 5.96. The third-order valence-corrected chi connectivity index (χ3v) is 4.12. The van der Waals surface area contributed by atoms with Crippen LogP contribution >= 0.6 is 0 Å². The van der Waals surface area contributed by atoms with Crippen molar-refractivity contribution in [2.45, 2.75) is 20.8 Å². The number of hydroxylamine groups is 1. The highest BCUT2D eigenvalue weighted by atomic mass is 16.6. The van der Waals surface area contributed by atoms with Gasteiger partial charge in [-0.15, -0.1) is 0 Å². The predicted molar refractivity (Wildman–Crippen MR) is 99.0 cm³/mol. The van der Waals surface area contributed by atoms with Crippen LogP contribution in [0.5, 0.6) is 0 Å². The summed E-state index contributed by atoms with van der Waals surface area (Å²) in [6.07, 6.45) is 1.72. The van der Waals surface area contributed by atoms with Crippen molar-refractivity contribution >= 4 is 28.4 Å². The van der Waals surface area contributed by atoms with Crippen LogP contribution in [-0.4, -0.2) is 22.1 Å². The van der Waals surface area contributed by atoms with Crippen LogP contribution in [0.4, 0.5) is 11.5 Å². The number of carbonyl (C=O) groups is 1. The number of carbonyl (C=O) groups excluding carboxylic acids is 1. The summed E-state index contributed by atoms with van der Waals surface area (Å²) in [5, 5.41) is 4.16. The predicted octanol–water partition coefficient (Wildman–Crippen LogP) is 3.62. The Morgan fingerprint density at radius 2 is 2.08 bits per heavy atom. The first-order chi connectivity index (χ1) is 12.0. The molecule has 0 atom stereocenters. The minimum atomic E-state index is -0.298. The lowest BCUT2D eigenvalue weighted by molar-refractivity contribution is 0.0367. The summed E-state index contributed by atoms with van der Waals surface area (Å²) in [5.74, 6) is 0.380. The summed E-state index contributed by atoms with van der Waals surface area (Å²) in [7, 11) is 1.89. The van der Waals surface area contributed by atoms with Gasteiger partial charge in [0.1, 0.15) is 11.5 Å². The molecule has 3 rings (SSSR count). The van der Waals surface area contributed by atoms with Crippen molar-refractivity contribution in [3.8, 4) is 0 Å². The molecule has 1 amide bonds. The Bertz CT molecular complexity index is 931. The van der Waals surface area contributed by atoms with E-state index < -0.39 is 0 Å². The summed E-state index contributed by atoms with van der Waals surface area (Å²) in [5.41, 5.74) is 6.97. The quantitative estimate of drug-likeness (QED) is 0.697. The van der Waals surface area contributed by atoms with Crippen LogP contribution < -0.4 is 10.8 Å². The molecule has 0 saturated carbocycles. The molecule has 0 aliphatic heterocycles. The highest BCUT2D eigenvalue weighted by molar-refractivity contribution is 6.11. The molecule has 2 heterocycles. The van der Waals surface area contributed by atoms with Gasteiger partial charge >= 0.3 is 0 Å². The fourth-order valence-electron chi connectivity index (χ4n) is 2.91. The molecule has 6 nitrogen and oxygen atoms in total. The van der Waals surface area contributed by atoms with Gasteiger partial charge in [-0.3, -0.25) is 9.63 Å². The van der Waals surface area contributed by atoms with Crippen LogP contribution in [-0.2, 0) is 11.9 Å². The van der Waals surface area contributed by atoms with Crippen LogP contribution in [0.1, 0.15) is 28.4 Å². The molecule has 0 spiro atoms. The van der Waals surface area contributed by atoms with Crippen molar-refractivity contribution in [3.05, 3.63) is 53.2 Å². The van der Waals surface area contributed by atoms with Gasteiger partial charge in [-0.2, -0.15) is 0 Å². The van der Waals surface area contributed by atoms with E-state index in [9.17, 15) is 4.79 Å². The molecule has 0 saturated heterocycles. The van der Waals surface area contributed by atoms with E-state index in [4.69, 9.17) is 4.84 Å². The van der Waals surface area contributed by atoms with Gasteiger partial charge in [-0.25, -0.2) is 10.5 Å². The van der Waals surface area contributed by atoms with Crippen molar-refractivity contribution in [2.24, 2.45) is 7.05 Å². The maximum atomic E-state index is 12.7. The van der Waals surface area contributed by atoms with Crippen molar-refractivity contribution in [1.29, 1.82) is 0 Å². The van der Waals surface area contributed by atoms with E-state index in [0.29, 0.717) is 18.0 Å². The van der Waals surface area contributed by atoms with Gasteiger partial charge in [0, 0.05) is 24.3 Å². The van der Waals surface area contributed by atoms with Gasteiger partial charge in [0.25, 0.3) is 5.91 Å². The molecule has 0 unspecified atom stereocenters. The van der Waals surface area contributed by atoms with Gasteiger partial charge in [-0.05, 0) is 44.5 Å². The van der Waals surface area contributed by atoms with E-state index in [1.807, 2.05) is 49.7 Å². The summed E-state index contributed by atoms with van der Waals surface area (Å²) < 4.78 is 1.88. The number of anilines is 2. The van der Waals surface area contributed by atoms with Crippen LogP contribution in [0.2, 0.25) is 0 Å². The van der Waals surface area contributed by atoms with Crippen LogP contribution in [0.3, 0.4) is 0 Å². The third kappa shape index (κ3) is 3.21. The Morgan fingerprint density at radius 1 is 1.28 bits per heavy atom. The van der Waals surface area contributed by atoms with Crippen LogP contribution in [0.15, 0.2) is 36.5 Å². The maximum absolute atomic E-state index is 12.7. The zero-order valence-electron chi connectivity index (χ0n) is 14.9. The third-order valence-electron chi connectivity index (χ3n) is 4.12. The Balaban J connectivity index is 2.12. The van der Waals surface area contributed by atoms with E-state index in [1.165, 1.54) is 5.56 Å². The van der Waals surface area contributed by atoms with Crippen LogP contribution in [0.25, 0.3) is 11.0 Å². The number of fused-ring (bicyclic) bond motifs is 1. The highest BCUT2D eigenvalue weighted by Gasteiger charge is 2.22. The fraction of sp³-hybridized carbons (Fsp3) is 0.263. The first-order valence-electron chi connectivity index (χ1n) is 8.22. The number of nitrogens with one attached hydrogen (secondary N) is 2. The Hall–Kier alpha value is -2.86. The smallest absolute Gasteiger partial charge is 0.279 e. The molecule has 0 fully saturated rings. The number of aryl methyl sites for hydroxylation is 3. The Morgan fingerprint density at radius 3 is 2.80 bits per heavy atom. The molecule has 0 aliphatic rings. The van der Waals surface area contributed by atoms with E-state index >= 15 is 0 Å². The van der Waals surface area contributed by atoms with E-state index in [0.717, 1.165) is 22.3 Å². The fourth-order valence-corrected chi connectivity index (χ4v) is 2.91. The number of aromatic nitrogens is 2. The molecule has 0 aliphatic carbocycles. The first-order valence-corrected chi connectivity index (χ1v) is 8.22. The maximum Gasteiger partial charge on any atom is 0.279 e. The minimum absolute atomic E-state index is 0.298. The van der Waals surface area contributed by atoms with Crippen LogP contribution in [0, 0.1) is 13.8 Å². The average molecular weight is 338 g/mol. The second-order valence-electron chi connectivity index (χ2n) is 5.96. The average Bonchev–Trinajstić information content (AvgIpc) is 2.88. The van der Waals surface area contributed by atoms with Crippen molar-refractivity contribution in [1.82, 2.24) is 15.0 Å². The number of hydrogen-bond acceptors (Lipinski definition) is 4. The molecule has 0 bridgehead atoms. The molecule has 0 radical (unpaired) electrons. The summed E-state index contributed by atoms with van der Waals surface area (Å²) in [6, 6.07) is 9.86. The summed E-state index contributed by atoms with van der Waals surface area (Å²) >= 11 is 0. The van der Waals surface area contributed by atoms with Gasteiger partial charge in [0.15, 0.2) is 0 Å². The number of nitrogens with zero attached hydrogens (tertiary/aromatic N) is 2. The number of amides is 1. The topological polar surface area (TPSA) is 68.2 Å². The number of rotatable bonds is 5. The summed E-state index contributed by atoms with van der Waals surface area (Å²) in [4.78, 5) is 22.2. The largest absolute Gasteiger partial charge is 0.341 e. The molecule has 6 heteroatoms. The lowest BCUT2D eigenvalue weighted by atomic mass is 10.1. The Kier molecular flexibility index (Phi) is 4.72.